The molecule has 0 aliphatic heterocycles. The van der Waals surface area contributed by atoms with Crippen molar-refractivity contribution in [2.45, 2.75) is 13.3 Å². The van der Waals surface area contributed by atoms with Crippen molar-refractivity contribution in [2.24, 2.45) is 0 Å². The molecule has 0 aliphatic carbocycles. The van der Waals surface area contributed by atoms with E-state index in [1.54, 1.807) is 18.2 Å². The van der Waals surface area contributed by atoms with Gasteiger partial charge in [0, 0.05) is 0 Å². The second-order valence-corrected chi connectivity index (χ2v) is 1.97. The molecule has 0 fully saturated rings. The van der Waals surface area contributed by atoms with Crippen LogP contribution in [0.15, 0.2) is 37.0 Å². The van der Waals surface area contributed by atoms with Crippen LogP contribution >= 0.6 is 0 Å². The number of hydrogen-bond donors (Lipinski definition) is 1. The summed E-state index contributed by atoms with van der Waals surface area (Å²) in [6.07, 6.45) is 5.92. The van der Waals surface area contributed by atoms with Gasteiger partial charge in [-0.05, 0) is 18.1 Å². The van der Waals surface area contributed by atoms with Gasteiger partial charge in [-0.15, -0.1) is 0 Å². The molecular formula is C9H13N. The maximum Gasteiger partial charge on any atom is 0.0565 e. The Bertz CT molecular complexity index is 175. The number of allylic oxidation sites excluding steroid dienone is 4. The normalized spacial score (nSPS) is 9.70. The zero-order valence-corrected chi connectivity index (χ0v) is 6.35. The lowest BCUT2D eigenvalue weighted by molar-refractivity contribution is 1.17. The van der Waals surface area contributed by atoms with Gasteiger partial charge in [0.2, 0.25) is 0 Å². The van der Waals surface area contributed by atoms with Crippen LogP contribution in [0, 0.1) is 5.41 Å². The third kappa shape index (κ3) is 3.02. The van der Waals surface area contributed by atoms with Gasteiger partial charge in [0.25, 0.3) is 0 Å². The number of rotatable bonds is 4. The van der Waals surface area contributed by atoms with E-state index in [2.05, 4.69) is 13.2 Å². The largest absolute Gasteiger partial charge is 0.301 e. The van der Waals surface area contributed by atoms with E-state index < -0.39 is 0 Å². The third-order valence-corrected chi connectivity index (χ3v) is 1.21. The Morgan fingerprint density at radius 1 is 1.60 bits per heavy atom. The third-order valence-electron chi connectivity index (χ3n) is 1.21. The van der Waals surface area contributed by atoms with E-state index >= 15 is 0 Å². The molecule has 0 heterocycles. The summed E-state index contributed by atoms with van der Waals surface area (Å²) in [6.45, 7) is 9.21. The maximum absolute atomic E-state index is 7.36. The van der Waals surface area contributed by atoms with E-state index in [4.69, 9.17) is 5.41 Å². The lowest BCUT2D eigenvalue weighted by Gasteiger charge is -1.96. The van der Waals surface area contributed by atoms with E-state index in [9.17, 15) is 0 Å². The van der Waals surface area contributed by atoms with Crippen molar-refractivity contribution < 1.29 is 0 Å². The lowest BCUT2D eigenvalue weighted by atomic mass is 10.1. The van der Waals surface area contributed by atoms with Gasteiger partial charge in [0.05, 0.1) is 5.71 Å². The van der Waals surface area contributed by atoms with Crippen molar-refractivity contribution in [3.05, 3.63) is 37.0 Å². The topological polar surface area (TPSA) is 23.9 Å². The molecule has 0 bridgehead atoms. The van der Waals surface area contributed by atoms with Gasteiger partial charge in [-0.1, -0.05) is 32.2 Å². The van der Waals surface area contributed by atoms with Crippen molar-refractivity contribution in [1.29, 1.82) is 5.41 Å². The molecule has 0 saturated heterocycles. The smallest absolute Gasteiger partial charge is 0.0565 e. The van der Waals surface area contributed by atoms with Crippen LogP contribution in [-0.2, 0) is 0 Å². The van der Waals surface area contributed by atoms with Crippen molar-refractivity contribution in [1.82, 2.24) is 0 Å². The Morgan fingerprint density at radius 2 is 2.20 bits per heavy atom. The predicted molar refractivity (Wildman–Crippen MR) is 46.5 cm³/mol. The van der Waals surface area contributed by atoms with Crippen LogP contribution in [0.1, 0.15) is 13.3 Å². The van der Waals surface area contributed by atoms with E-state index in [1.807, 2.05) is 6.92 Å². The Balaban J connectivity index is 3.97. The highest BCUT2D eigenvalue weighted by atomic mass is 14.4. The average molecular weight is 135 g/mol. The monoisotopic (exact) mass is 135 g/mol. The SMILES string of the molecule is C=C/C=C\C(=N)C(=C)CC. The summed E-state index contributed by atoms with van der Waals surface area (Å²) in [5.74, 6) is 0. The minimum absolute atomic E-state index is 0.488. The van der Waals surface area contributed by atoms with Crippen molar-refractivity contribution in [3.8, 4) is 0 Å². The first kappa shape index (κ1) is 8.89. The van der Waals surface area contributed by atoms with Gasteiger partial charge in [-0.25, -0.2) is 0 Å². The van der Waals surface area contributed by atoms with Gasteiger partial charge in [0.1, 0.15) is 0 Å². The first-order valence-corrected chi connectivity index (χ1v) is 3.28. The summed E-state index contributed by atoms with van der Waals surface area (Å²) in [7, 11) is 0. The molecule has 0 atom stereocenters. The van der Waals surface area contributed by atoms with Crippen molar-refractivity contribution in [3.63, 3.8) is 0 Å². The first-order valence-electron chi connectivity index (χ1n) is 3.28. The van der Waals surface area contributed by atoms with Crippen LogP contribution in [0.25, 0.3) is 0 Å². The summed E-state index contributed by atoms with van der Waals surface area (Å²) in [5, 5.41) is 7.36. The van der Waals surface area contributed by atoms with Gasteiger partial charge in [-0.3, -0.25) is 0 Å². The van der Waals surface area contributed by atoms with Crippen LogP contribution in [0.4, 0.5) is 0 Å². The van der Waals surface area contributed by atoms with Crippen LogP contribution in [0.5, 0.6) is 0 Å². The zero-order valence-electron chi connectivity index (χ0n) is 6.35. The second kappa shape index (κ2) is 4.74. The highest BCUT2D eigenvalue weighted by Gasteiger charge is 1.92. The molecular weight excluding hydrogens is 122 g/mol. The number of hydrogen-bond acceptors (Lipinski definition) is 1. The average Bonchev–Trinajstić information content (AvgIpc) is 1.98. The summed E-state index contributed by atoms with van der Waals surface area (Å²) in [5.41, 5.74) is 1.35. The standard InChI is InChI=1S/C9H13N/c1-4-6-7-9(10)8(3)5-2/h4,6-7,10H,1,3,5H2,2H3/b7-6-,10-9?. The summed E-state index contributed by atoms with van der Waals surface area (Å²) in [4.78, 5) is 0. The molecule has 1 heteroatoms. The molecule has 0 radical (unpaired) electrons. The van der Waals surface area contributed by atoms with E-state index in [0.717, 1.165) is 12.0 Å². The summed E-state index contributed by atoms with van der Waals surface area (Å²) >= 11 is 0. The van der Waals surface area contributed by atoms with Gasteiger partial charge in [0.15, 0.2) is 0 Å². The molecule has 54 valence electrons. The minimum Gasteiger partial charge on any atom is -0.301 e. The molecule has 0 aromatic carbocycles. The Morgan fingerprint density at radius 3 is 2.60 bits per heavy atom. The molecule has 0 saturated carbocycles. The van der Waals surface area contributed by atoms with Gasteiger partial charge < -0.3 is 5.41 Å². The zero-order chi connectivity index (χ0) is 7.98. The van der Waals surface area contributed by atoms with E-state index in [0.29, 0.717) is 5.71 Å². The summed E-state index contributed by atoms with van der Waals surface area (Å²) in [6, 6.07) is 0. The first-order chi connectivity index (χ1) is 4.72. The molecule has 0 amide bonds. The van der Waals surface area contributed by atoms with Crippen LogP contribution in [0.3, 0.4) is 0 Å². The molecule has 0 spiro atoms. The van der Waals surface area contributed by atoms with Crippen LogP contribution in [0.2, 0.25) is 0 Å². The Hall–Kier alpha value is -1.11. The molecule has 1 N–H and O–H groups in total. The second-order valence-electron chi connectivity index (χ2n) is 1.97. The lowest BCUT2D eigenvalue weighted by Crippen LogP contribution is -1.92. The van der Waals surface area contributed by atoms with Crippen molar-refractivity contribution in [2.75, 3.05) is 0 Å². The molecule has 0 aromatic heterocycles. The fraction of sp³-hybridized carbons (Fsp3) is 0.222. The molecule has 10 heavy (non-hydrogen) atoms. The predicted octanol–water partition coefficient (Wildman–Crippen LogP) is 2.71. The molecule has 0 aromatic rings. The fourth-order valence-electron chi connectivity index (χ4n) is 0.473. The van der Waals surface area contributed by atoms with E-state index in [-0.39, 0.29) is 0 Å². The quantitative estimate of drug-likeness (QED) is 0.452. The van der Waals surface area contributed by atoms with Crippen molar-refractivity contribution >= 4 is 5.71 Å². The highest BCUT2D eigenvalue weighted by Crippen LogP contribution is 1.99. The maximum atomic E-state index is 7.36. The van der Waals surface area contributed by atoms with Gasteiger partial charge >= 0.3 is 0 Å². The Kier molecular flexibility index (Phi) is 4.21. The molecule has 0 unspecified atom stereocenters. The van der Waals surface area contributed by atoms with Gasteiger partial charge in [-0.2, -0.15) is 0 Å². The fourth-order valence-corrected chi connectivity index (χ4v) is 0.473. The Labute approximate surface area is 62.3 Å². The molecule has 1 nitrogen and oxygen atoms in total. The molecule has 0 rings (SSSR count). The molecule has 0 aliphatic rings. The van der Waals surface area contributed by atoms with Crippen LogP contribution < -0.4 is 0 Å². The summed E-state index contributed by atoms with van der Waals surface area (Å²) < 4.78 is 0. The highest BCUT2D eigenvalue weighted by molar-refractivity contribution is 6.05. The minimum atomic E-state index is 0.488. The van der Waals surface area contributed by atoms with Crippen LogP contribution in [-0.4, -0.2) is 5.71 Å². The van der Waals surface area contributed by atoms with E-state index in [1.165, 1.54) is 0 Å². The number of nitrogens with one attached hydrogen (secondary N) is 1.